The van der Waals surface area contributed by atoms with Gasteiger partial charge in [-0.25, -0.2) is 4.39 Å². The van der Waals surface area contributed by atoms with Gasteiger partial charge in [-0.2, -0.15) is 0 Å². The molecule has 6 heteroatoms. The van der Waals surface area contributed by atoms with Gasteiger partial charge in [-0.15, -0.1) is 0 Å². The molecule has 4 nitrogen and oxygen atoms in total. The number of amides is 1. The molecule has 1 aliphatic carbocycles. The second-order valence-electron chi connectivity index (χ2n) is 7.21. The highest BCUT2D eigenvalue weighted by Gasteiger charge is 2.29. The fraction of sp³-hybridized carbons (Fsp3) is 0.273. The van der Waals surface area contributed by atoms with Crippen molar-refractivity contribution in [3.8, 4) is 0 Å². The first-order valence-corrected chi connectivity index (χ1v) is 9.78. The number of aromatic nitrogens is 1. The lowest BCUT2D eigenvalue weighted by Crippen LogP contribution is -2.35. The van der Waals surface area contributed by atoms with Gasteiger partial charge in [0.05, 0.1) is 12.1 Å². The Bertz CT molecular complexity index is 1090. The van der Waals surface area contributed by atoms with Crippen molar-refractivity contribution >= 4 is 34.1 Å². The van der Waals surface area contributed by atoms with E-state index in [1.165, 1.54) is 12.1 Å². The number of hydrogen-bond acceptors (Lipinski definition) is 2. The van der Waals surface area contributed by atoms with Crippen LogP contribution in [0.5, 0.6) is 0 Å². The van der Waals surface area contributed by atoms with Gasteiger partial charge < -0.3 is 9.88 Å². The number of carbonyl (C=O) groups excluding carboxylic acids is 1. The maximum absolute atomic E-state index is 14.2. The standard InChI is InChI=1S/C22H20ClFN2O2/c23-16-7-3-8-17(12-16)26(22(28)14-5-1-2-6-14)13-15-11-20(27)25-21-18(15)9-4-10-19(21)24/h3-4,7-12,14H,1-2,5-6,13H2,(H,25,27). The summed E-state index contributed by atoms with van der Waals surface area (Å²) in [5.41, 5.74) is 1.04. The molecule has 0 unspecified atom stereocenters. The fourth-order valence-corrected chi connectivity index (χ4v) is 4.13. The van der Waals surface area contributed by atoms with Crippen molar-refractivity contribution in [2.75, 3.05) is 4.90 Å². The Morgan fingerprint density at radius 3 is 2.64 bits per heavy atom. The van der Waals surface area contributed by atoms with Crippen molar-refractivity contribution in [3.05, 3.63) is 75.3 Å². The Kier molecular flexibility index (Phi) is 5.18. The number of para-hydroxylation sites is 1. The summed E-state index contributed by atoms with van der Waals surface area (Å²) in [6.45, 7) is 0.180. The largest absolute Gasteiger partial charge is 0.319 e. The third-order valence-electron chi connectivity index (χ3n) is 5.33. The molecule has 3 aromatic rings. The second kappa shape index (κ2) is 7.76. The molecule has 1 aliphatic rings. The number of pyridine rings is 1. The minimum Gasteiger partial charge on any atom is -0.319 e. The number of nitrogens with zero attached hydrogens (tertiary/aromatic N) is 1. The van der Waals surface area contributed by atoms with Gasteiger partial charge in [0.1, 0.15) is 5.82 Å². The number of benzene rings is 2. The summed E-state index contributed by atoms with van der Waals surface area (Å²) in [6, 6.07) is 13.2. The highest BCUT2D eigenvalue weighted by Crippen LogP contribution is 2.31. The van der Waals surface area contributed by atoms with Crippen molar-refractivity contribution in [3.63, 3.8) is 0 Å². The smallest absolute Gasteiger partial charge is 0.248 e. The van der Waals surface area contributed by atoms with Crippen LogP contribution < -0.4 is 10.5 Å². The molecule has 1 fully saturated rings. The normalized spacial score (nSPS) is 14.5. The number of anilines is 1. The van der Waals surface area contributed by atoms with E-state index in [0.29, 0.717) is 21.7 Å². The Morgan fingerprint density at radius 2 is 1.89 bits per heavy atom. The SMILES string of the molecule is O=C(C1CCCC1)N(Cc1cc(=O)[nH]c2c(F)cccc12)c1cccc(Cl)c1. The summed E-state index contributed by atoms with van der Waals surface area (Å²) in [6.07, 6.45) is 3.80. The van der Waals surface area contributed by atoms with Crippen LogP contribution in [-0.4, -0.2) is 10.9 Å². The molecule has 0 aliphatic heterocycles. The summed E-state index contributed by atoms with van der Waals surface area (Å²) < 4.78 is 14.2. The van der Waals surface area contributed by atoms with Crippen LogP contribution in [0.1, 0.15) is 31.2 Å². The first-order chi connectivity index (χ1) is 13.5. The third kappa shape index (κ3) is 3.67. The van der Waals surface area contributed by atoms with Crippen molar-refractivity contribution in [1.82, 2.24) is 4.98 Å². The molecule has 2 aromatic carbocycles. The monoisotopic (exact) mass is 398 g/mol. The maximum atomic E-state index is 14.2. The van der Waals surface area contributed by atoms with E-state index >= 15 is 0 Å². The highest BCUT2D eigenvalue weighted by atomic mass is 35.5. The molecule has 0 bridgehead atoms. The molecule has 0 saturated heterocycles. The lowest BCUT2D eigenvalue weighted by molar-refractivity contribution is -0.122. The van der Waals surface area contributed by atoms with E-state index in [1.54, 1.807) is 35.2 Å². The minimum absolute atomic E-state index is 0.0181. The quantitative estimate of drug-likeness (QED) is 0.669. The van der Waals surface area contributed by atoms with Crippen LogP contribution in [0.3, 0.4) is 0 Å². The zero-order valence-electron chi connectivity index (χ0n) is 15.3. The predicted molar refractivity (Wildman–Crippen MR) is 109 cm³/mol. The van der Waals surface area contributed by atoms with Crippen LogP contribution in [0, 0.1) is 11.7 Å². The van der Waals surface area contributed by atoms with Gasteiger partial charge in [0.15, 0.2) is 0 Å². The molecule has 1 amide bonds. The third-order valence-corrected chi connectivity index (χ3v) is 5.57. The van der Waals surface area contributed by atoms with Gasteiger partial charge in [0.25, 0.3) is 0 Å². The zero-order valence-corrected chi connectivity index (χ0v) is 16.0. The topological polar surface area (TPSA) is 53.2 Å². The molecule has 0 spiro atoms. The Labute approximate surface area is 166 Å². The van der Waals surface area contributed by atoms with Gasteiger partial charge in [0, 0.05) is 28.1 Å². The van der Waals surface area contributed by atoms with E-state index in [-0.39, 0.29) is 23.9 Å². The van der Waals surface area contributed by atoms with Crippen LogP contribution in [0.4, 0.5) is 10.1 Å². The summed E-state index contributed by atoms with van der Waals surface area (Å²) in [7, 11) is 0. The van der Waals surface area contributed by atoms with Gasteiger partial charge >= 0.3 is 0 Å². The van der Waals surface area contributed by atoms with Crippen LogP contribution >= 0.6 is 11.6 Å². The Balaban J connectivity index is 1.80. The van der Waals surface area contributed by atoms with E-state index in [4.69, 9.17) is 11.6 Å². The highest BCUT2D eigenvalue weighted by molar-refractivity contribution is 6.30. The molecule has 0 atom stereocenters. The fourth-order valence-electron chi connectivity index (χ4n) is 3.95. The van der Waals surface area contributed by atoms with Crippen LogP contribution in [0.2, 0.25) is 5.02 Å². The lowest BCUT2D eigenvalue weighted by Gasteiger charge is -2.26. The van der Waals surface area contributed by atoms with Gasteiger partial charge in [-0.3, -0.25) is 9.59 Å². The van der Waals surface area contributed by atoms with Gasteiger partial charge in [0.2, 0.25) is 11.5 Å². The minimum atomic E-state index is -0.493. The second-order valence-corrected chi connectivity index (χ2v) is 7.64. The Hall–Kier alpha value is -2.66. The first kappa shape index (κ1) is 18.7. The molecular weight excluding hydrogens is 379 g/mol. The lowest BCUT2D eigenvalue weighted by atomic mass is 10.0. The first-order valence-electron chi connectivity index (χ1n) is 9.40. The maximum Gasteiger partial charge on any atom is 0.248 e. The van der Waals surface area contributed by atoms with Gasteiger partial charge in [-0.1, -0.05) is 42.6 Å². The van der Waals surface area contributed by atoms with Crippen molar-refractivity contribution < 1.29 is 9.18 Å². The predicted octanol–water partition coefficient (Wildman–Crippen LogP) is 5.04. The number of aromatic amines is 1. The number of nitrogens with one attached hydrogen (secondary N) is 1. The molecular formula is C22H20ClFN2O2. The van der Waals surface area contributed by atoms with Crippen molar-refractivity contribution in [2.45, 2.75) is 32.2 Å². The Morgan fingerprint density at radius 1 is 1.14 bits per heavy atom. The van der Waals surface area contributed by atoms with Crippen molar-refractivity contribution in [2.24, 2.45) is 5.92 Å². The summed E-state index contributed by atoms with van der Waals surface area (Å²) in [4.78, 5) is 29.6. The average Bonchev–Trinajstić information content (AvgIpc) is 3.21. The molecule has 28 heavy (non-hydrogen) atoms. The number of hydrogen-bond donors (Lipinski definition) is 1. The number of fused-ring (bicyclic) bond motifs is 1. The van der Waals surface area contributed by atoms with E-state index in [1.807, 2.05) is 6.07 Å². The number of H-pyrrole nitrogens is 1. The molecule has 1 N–H and O–H groups in total. The van der Waals surface area contributed by atoms with Crippen molar-refractivity contribution in [1.29, 1.82) is 0 Å². The zero-order chi connectivity index (χ0) is 19.7. The van der Waals surface area contributed by atoms with Gasteiger partial charge in [-0.05, 0) is 42.7 Å². The van der Waals surface area contributed by atoms with E-state index < -0.39 is 11.4 Å². The van der Waals surface area contributed by atoms with E-state index in [9.17, 15) is 14.0 Å². The van der Waals surface area contributed by atoms with Crippen LogP contribution in [0.15, 0.2) is 53.3 Å². The van der Waals surface area contributed by atoms with Crippen LogP contribution in [-0.2, 0) is 11.3 Å². The molecule has 144 valence electrons. The summed E-state index contributed by atoms with van der Waals surface area (Å²) in [5.74, 6) is -0.513. The van der Waals surface area contributed by atoms with Crippen LogP contribution in [0.25, 0.3) is 10.9 Å². The number of rotatable bonds is 4. The summed E-state index contributed by atoms with van der Waals surface area (Å²) in [5, 5.41) is 1.12. The molecule has 1 saturated carbocycles. The molecule has 0 radical (unpaired) electrons. The average molecular weight is 399 g/mol. The molecule has 4 rings (SSSR count). The van der Waals surface area contributed by atoms with E-state index in [0.717, 1.165) is 25.7 Å². The number of halogens is 2. The molecule has 1 heterocycles. The summed E-state index contributed by atoms with van der Waals surface area (Å²) >= 11 is 6.15. The number of carbonyl (C=O) groups is 1. The molecule has 1 aromatic heterocycles. The van der Waals surface area contributed by atoms with E-state index in [2.05, 4.69) is 4.98 Å².